The number of benzene rings is 2. The minimum Gasteiger partial charge on any atom is -0.337 e. The monoisotopic (exact) mass is 348 g/mol. The van der Waals surface area contributed by atoms with Crippen LogP contribution in [0.15, 0.2) is 65.2 Å². The highest BCUT2D eigenvalue weighted by atomic mass is 16.5. The molecule has 1 saturated heterocycles. The van der Waals surface area contributed by atoms with Crippen LogP contribution in [0.2, 0.25) is 0 Å². The van der Waals surface area contributed by atoms with Crippen LogP contribution >= 0.6 is 0 Å². The first-order valence-corrected chi connectivity index (χ1v) is 8.74. The van der Waals surface area contributed by atoms with Gasteiger partial charge in [0.05, 0.1) is 6.42 Å². The smallest absolute Gasteiger partial charge is 0.251 e. The predicted octanol–water partition coefficient (Wildman–Crippen LogP) is 2.45. The van der Waals surface area contributed by atoms with E-state index in [1.165, 1.54) is 0 Å². The summed E-state index contributed by atoms with van der Waals surface area (Å²) in [6, 6.07) is 19.2. The molecule has 1 fully saturated rings. The summed E-state index contributed by atoms with van der Waals surface area (Å²) in [5.74, 6) is 1.08. The number of amides is 1. The van der Waals surface area contributed by atoms with Crippen molar-refractivity contribution in [2.75, 3.05) is 19.6 Å². The molecule has 1 aromatic heterocycles. The molecular formula is C20H20N4O2. The lowest BCUT2D eigenvalue weighted by Crippen LogP contribution is -2.49. The van der Waals surface area contributed by atoms with Crippen LogP contribution in [0.5, 0.6) is 0 Å². The second kappa shape index (κ2) is 7.49. The minimum absolute atomic E-state index is 0.0714. The maximum Gasteiger partial charge on any atom is 0.251 e. The number of nitrogens with one attached hydrogen (secondary N) is 1. The van der Waals surface area contributed by atoms with E-state index in [9.17, 15) is 4.79 Å². The molecule has 3 aromatic rings. The molecule has 1 amide bonds. The van der Waals surface area contributed by atoms with Gasteiger partial charge in [-0.3, -0.25) is 4.79 Å². The highest BCUT2D eigenvalue weighted by molar-refractivity contribution is 5.79. The van der Waals surface area contributed by atoms with Crippen molar-refractivity contribution in [2.24, 2.45) is 0 Å². The number of piperazine rings is 1. The summed E-state index contributed by atoms with van der Waals surface area (Å²) in [6.45, 7) is 1.99. The van der Waals surface area contributed by atoms with Crippen molar-refractivity contribution in [2.45, 2.75) is 12.5 Å². The molecule has 0 radical (unpaired) electrons. The molecule has 0 bridgehead atoms. The molecule has 6 heteroatoms. The van der Waals surface area contributed by atoms with Crippen molar-refractivity contribution in [3.63, 3.8) is 0 Å². The molecule has 4 rings (SSSR count). The Morgan fingerprint density at radius 3 is 2.62 bits per heavy atom. The lowest BCUT2D eigenvalue weighted by Gasteiger charge is -2.34. The Labute approximate surface area is 151 Å². The van der Waals surface area contributed by atoms with Crippen LogP contribution < -0.4 is 5.32 Å². The summed E-state index contributed by atoms with van der Waals surface area (Å²) in [6.07, 6.45) is 0.372. The van der Waals surface area contributed by atoms with Crippen molar-refractivity contribution in [1.82, 2.24) is 20.4 Å². The molecule has 6 nitrogen and oxygen atoms in total. The van der Waals surface area contributed by atoms with Crippen LogP contribution in [0.25, 0.3) is 11.4 Å². The second-order valence-electron chi connectivity index (χ2n) is 6.29. The van der Waals surface area contributed by atoms with Gasteiger partial charge in [0.25, 0.3) is 5.89 Å². The molecule has 1 atom stereocenters. The third kappa shape index (κ3) is 3.50. The average molecular weight is 348 g/mol. The maximum absolute atomic E-state index is 12.8. The average Bonchev–Trinajstić information content (AvgIpc) is 3.19. The van der Waals surface area contributed by atoms with Crippen LogP contribution in [0.4, 0.5) is 0 Å². The van der Waals surface area contributed by atoms with Crippen molar-refractivity contribution in [3.05, 3.63) is 72.1 Å². The first kappa shape index (κ1) is 16.5. The summed E-state index contributed by atoms with van der Waals surface area (Å²) >= 11 is 0. The van der Waals surface area contributed by atoms with Crippen LogP contribution in [0.1, 0.15) is 17.5 Å². The Kier molecular flexibility index (Phi) is 4.75. The molecule has 2 heterocycles. The van der Waals surface area contributed by atoms with Crippen molar-refractivity contribution in [3.8, 4) is 11.4 Å². The standard InChI is InChI=1S/C20H20N4O2/c25-18(13-15-7-3-1-4-8-15)24-12-11-21-14-17(24)20-22-19(23-26-20)16-9-5-2-6-10-16/h1-10,17,21H,11-14H2. The largest absolute Gasteiger partial charge is 0.337 e. The number of hydrogen-bond donors (Lipinski definition) is 1. The molecule has 132 valence electrons. The third-order valence-corrected chi connectivity index (χ3v) is 4.52. The Bertz CT molecular complexity index is 864. The summed E-state index contributed by atoms with van der Waals surface area (Å²) in [4.78, 5) is 19.2. The van der Waals surface area contributed by atoms with Crippen LogP contribution in [-0.4, -0.2) is 40.6 Å². The fourth-order valence-electron chi connectivity index (χ4n) is 3.17. The van der Waals surface area contributed by atoms with Crippen LogP contribution in [0.3, 0.4) is 0 Å². The number of carbonyl (C=O) groups is 1. The molecular weight excluding hydrogens is 328 g/mol. The van der Waals surface area contributed by atoms with Gasteiger partial charge in [0.1, 0.15) is 6.04 Å². The Morgan fingerprint density at radius 2 is 1.85 bits per heavy atom. The van der Waals surface area contributed by atoms with Gasteiger partial charge in [-0.1, -0.05) is 65.8 Å². The zero-order valence-electron chi connectivity index (χ0n) is 14.3. The Morgan fingerprint density at radius 1 is 1.12 bits per heavy atom. The first-order chi connectivity index (χ1) is 12.8. The lowest BCUT2D eigenvalue weighted by molar-refractivity contribution is -0.134. The number of nitrogens with zero attached hydrogens (tertiary/aromatic N) is 3. The molecule has 0 spiro atoms. The van der Waals surface area contributed by atoms with E-state index in [2.05, 4.69) is 15.5 Å². The topological polar surface area (TPSA) is 71.3 Å². The van der Waals surface area contributed by atoms with Gasteiger partial charge in [-0.25, -0.2) is 0 Å². The molecule has 2 aromatic carbocycles. The van der Waals surface area contributed by atoms with E-state index < -0.39 is 0 Å². The maximum atomic E-state index is 12.8. The Hall–Kier alpha value is -2.99. The second-order valence-corrected chi connectivity index (χ2v) is 6.29. The van der Waals surface area contributed by atoms with Gasteiger partial charge in [0.2, 0.25) is 11.7 Å². The van der Waals surface area contributed by atoms with Crippen LogP contribution in [0, 0.1) is 0 Å². The third-order valence-electron chi connectivity index (χ3n) is 4.52. The molecule has 0 saturated carbocycles. The fraction of sp³-hybridized carbons (Fsp3) is 0.250. The van der Waals surface area contributed by atoms with Crippen molar-refractivity contribution >= 4 is 5.91 Å². The van der Waals surface area contributed by atoms with E-state index in [0.717, 1.165) is 17.7 Å². The van der Waals surface area contributed by atoms with Gasteiger partial charge in [-0.2, -0.15) is 4.98 Å². The number of carbonyl (C=O) groups excluding carboxylic acids is 1. The van der Waals surface area contributed by atoms with Gasteiger partial charge in [0, 0.05) is 25.2 Å². The zero-order valence-corrected chi connectivity index (χ0v) is 14.3. The zero-order chi connectivity index (χ0) is 17.8. The summed E-state index contributed by atoms with van der Waals surface area (Å²) < 4.78 is 5.49. The van der Waals surface area contributed by atoms with E-state index >= 15 is 0 Å². The fourth-order valence-corrected chi connectivity index (χ4v) is 3.17. The van der Waals surface area contributed by atoms with Gasteiger partial charge >= 0.3 is 0 Å². The molecule has 1 N–H and O–H groups in total. The Balaban J connectivity index is 1.54. The van der Waals surface area contributed by atoms with Crippen LogP contribution in [-0.2, 0) is 11.2 Å². The predicted molar refractivity (Wildman–Crippen MR) is 97.2 cm³/mol. The van der Waals surface area contributed by atoms with Crippen molar-refractivity contribution in [1.29, 1.82) is 0 Å². The van der Waals surface area contributed by atoms with Gasteiger partial charge in [-0.15, -0.1) is 0 Å². The number of hydrogen-bond acceptors (Lipinski definition) is 5. The van der Waals surface area contributed by atoms with Gasteiger partial charge in [0.15, 0.2) is 0 Å². The number of rotatable bonds is 4. The summed E-state index contributed by atoms with van der Waals surface area (Å²) in [5.41, 5.74) is 1.90. The quantitative estimate of drug-likeness (QED) is 0.784. The van der Waals surface area contributed by atoms with Gasteiger partial charge in [-0.05, 0) is 5.56 Å². The highest BCUT2D eigenvalue weighted by Crippen LogP contribution is 2.24. The van der Waals surface area contributed by atoms with E-state index in [1.807, 2.05) is 65.6 Å². The molecule has 1 unspecified atom stereocenters. The van der Waals surface area contributed by atoms with E-state index in [4.69, 9.17) is 4.52 Å². The number of aromatic nitrogens is 2. The van der Waals surface area contributed by atoms with E-state index in [0.29, 0.717) is 31.2 Å². The summed E-state index contributed by atoms with van der Waals surface area (Å²) in [5, 5.41) is 7.40. The lowest BCUT2D eigenvalue weighted by atomic mass is 10.1. The minimum atomic E-state index is -0.245. The molecule has 0 aliphatic carbocycles. The SMILES string of the molecule is O=C(Cc1ccccc1)N1CCNCC1c1nc(-c2ccccc2)no1. The molecule has 26 heavy (non-hydrogen) atoms. The first-order valence-electron chi connectivity index (χ1n) is 8.74. The van der Waals surface area contributed by atoms with E-state index in [1.54, 1.807) is 0 Å². The van der Waals surface area contributed by atoms with Gasteiger partial charge < -0.3 is 14.7 Å². The highest BCUT2D eigenvalue weighted by Gasteiger charge is 2.32. The normalized spacial score (nSPS) is 17.2. The van der Waals surface area contributed by atoms with Crippen molar-refractivity contribution < 1.29 is 9.32 Å². The molecule has 1 aliphatic rings. The molecule has 1 aliphatic heterocycles. The summed E-state index contributed by atoms with van der Waals surface area (Å²) in [7, 11) is 0. The van der Waals surface area contributed by atoms with E-state index in [-0.39, 0.29) is 11.9 Å².